The van der Waals surface area contributed by atoms with E-state index in [4.69, 9.17) is 14.2 Å². The minimum absolute atomic E-state index is 0.000460. The first-order valence-corrected chi connectivity index (χ1v) is 13.5. The molecule has 0 saturated carbocycles. The standard InChI is InChI=1S/C28H38N6O4/c1-36-24-7-5-22(20-25(24)37-2)6-10-28(35)34-17-15-33(16-18-34)27-9-8-26(29-30-27)32-13-11-31(12-14-32)21-23-4-3-19-38-23/h5-10,20,23H,3-4,11-19,21H2,1-2H3/b10-6+. The maximum atomic E-state index is 12.8. The third kappa shape index (κ3) is 6.36. The first kappa shape index (κ1) is 26.2. The van der Waals surface area contributed by atoms with Crippen molar-refractivity contribution in [3.05, 3.63) is 42.0 Å². The summed E-state index contributed by atoms with van der Waals surface area (Å²) in [4.78, 5) is 21.6. The zero-order valence-corrected chi connectivity index (χ0v) is 22.4. The summed E-state index contributed by atoms with van der Waals surface area (Å²) in [6, 6.07) is 9.71. The second-order valence-corrected chi connectivity index (χ2v) is 9.93. The van der Waals surface area contributed by atoms with Crippen molar-refractivity contribution >= 4 is 23.6 Å². The van der Waals surface area contributed by atoms with Gasteiger partial charge in [-0.25, -0.2) is 0 Å². The van der Waals surface area contributed by atoms with Crippen LogP contribution in [-0.2, 0) is 9.53 Å². The predicted molar refractivity (Wildman–Crippen MR) is 147 cm³/mol. The molecule has 5 rings (SSSR count). The van der Waals surface area contributed by atoms with Crippen LogP contribution in [0.3, 0.4) is 0 Å². The van der Waals surface area contributed by atoms with Crippen LogP contribution in [0.15, 0.2) is 36.4 Å². The van der Waals surface area contributed by atoms with Gasteiger partial charge in [0.15, 0.2) is 23.1 Å². The highest BCUT2D eigenvalue weighted by Crippen LogP contribution is 2.28. The van der Waals surface area contributed by atoms with E-state index in [0.29, 0.717) is 30.7 Å². The molecule has 1 aromatic carbocycles. The van der Waals surface area contributed by atoms with Crippen LogP contribution in [0.25, 0.3) is 6.08 Å². The topological polar surface area (TPSA) is 83.5 Å². The van der Waals surface area contributed by atoms with Crippen LogP contribution in [0.1, 0.15) is 18.4 Å². The minimum atomic E-state index is -0.000460. The van der Waals surface area contributed by atoms with E-state index in [-0.39, 0.29) is 5.91 Å². The van der Waals surface area contributed by atoms with Gasteiger partial charge in [-0.3, -0.25) is 9.69 Å². The van der Waals surface area contributed by atoms with Gasteiger partial charge in [-0.15, -0.1) is 10.2 Å². The van der Waals surface area contributed by atoms with Crippen molar-refractivity contribution in [1.82, 2.24) is 20.0 Å². The number of aromatic nitrogens is 2. The highest BCUT2D eigenvalue weighted by atomic mass is 16.5. The van der Waals surface area contributed by atoms with Crippen molar-refractivity contribution in [3.63, 3.8) is 0 Å². The summed E-state index contributed by atoms with van der Waals surface area (Å²) in [6.45, 7) is 8.67. The molecule has 3 saturated heterocycles. The van der Waals surface area contributed by atoms with Crippen LogP contribution in [0.5, 0.6) is 11.5 Å². The summed E-state index contributed by atoms with van der Waals surface area (Å²) < 4.78 is 16.4. The second-order valence-electron chi connectivity index (χ2n) is 9.93. The maximum absolute atomic E-state index is 12.8. The fourth-order valence-electron chi connectivity index (χ4n) is 5.28. The number of hydrogen-bond acceptors (Lipinski definition) is 9. The molecule has 0 spiro atoms. The number of rotatable bonds is 8. The first-order valence-electron chi connectivity index (χ1n) is 13.5. The van der Waals surface area contributed by atoms with Crippen LogP contribution < -0.4 is 19.3 Å². The van der Waals surface area contributed by atoms with Crippen molar-refractivity contribution in [2.45, 2.75) is 18.9 Å². The number of nitrogens with zero attached hydrogens (tertiary/aromatic N) is 6. The number of piperazine rings is 2. The largest absolute Gasteiger partial charge is 0.493 e. The Bertz CT molecular complexity index is 1090. The number of ether oxygens (including phenoxy) is 3. The van der Waals surface area contributed by atoms with Gasteiger partial charge >= 0.3 is 0 Å². The summed E-state index contributed by atoms with van der Waals surface area (Å²) in [5.41, 5.74) is 0.884. The molecule has 1 amide bonds. The molecule has 1 unspecified atom stereocenters. The van der Waals surface area contributed by atoms with E-state index in [1.807, 2.05) is 29.2 Å². The van der Waals surface area contributed by atoms with Crippen molar-refractivity contribution in [2.24, 2.45) is 0 Å². The van der Waals surface area contributed by atoms with Crippen molar-refractivity contribution in [1.29, 1.82) is 0 Å². The molecule has 38 heavy (non-hydrogen) atoms. The number of carbonyl (C=O) groups is 1. The molecule has 0 bridgehead atoms. The quantitative estimate of drug-likeness (QED) is 0.484. The Labute approximate surface area is 224 Å². The van der Waals surface area contributed by atoms with Crippen LogP contribution >= 0.6 is 0 Å². The zero-order chi connectivity index (χ0) is 26.3. The lowest BCUT2D eigenvalue weighted by molar-refractivity contribution is -0.126. The number of hydrogen-bond donors (Lipinski definition) is 0. The Morgan fingerprint density at radius 2 is 1.58 bits per heavy atom. The Balaban J connectivity index is 1.08. The normalized spacial score (nSPS) is 20.8. The van der Waals surface area contributed by atoms with Gasteiger partial charge in [0.25, 0.3) is 0 Å². The van der Waals surface area contributed by atoms with E-state index in [1.54, 1.807) is 20.3 Å². The molecule has 4 heterocycles. The van der Waals surface area contributed by atoms with Crippen LogP contribution in [-0.4, -0.2) is 112 Å². The third-order valence-electron chi connectivity index (χ3n) is 7.56. The minimum Gasteiger partial charge on any atom is -0.493 e. The van der Waals surface area contributed by atoms with Gasteiger partial charge in [-0.1, -0.05) is 6.07 Å². The summed E-state index contributed by atoms with van der Waals surface area (Å²) in [7, 11) is 3.20. The molecule has 3 aliphatic rings. The zero-order valence-electron chi connectivity index (χ0n) is 22.4. The highest BCUT2D eigenvalue weighted by molar-refractivity contribution is 5.92. The van der Waals surface area contributed by atoms with Gasteiger partial charge in [0, 0.05) is 71.6 Å². The lowest BCUT2D eigenvalue weighted by Gasteiger charge is -2.36. The van der Waals surface area contributed by atoms with Crippen LogP contribution in [0, 0.1) is 0 Å². The van der Waals surface area contributed by atoms with E-state index in [0.717, 1.165) is 69.6 Å². The van der Waals surface area contributed by atoms with Crippen molar-refractivity contribution in [2.75, 3.05) is 89.5 Å². The number of methoxy groups -OCH3 is 2. The molecule has 10 nitrogen and oxygen atoms in total. The fraction of sp³-hybridized carbons (Fsp3) is 0.536. The Morgan fingerprint density at radius 3 is 2.16 bits per heavy atom. The summed E-state index contributed by atoms with van der Waals surface area (Å²) in [5, 5.41) is 9.05. The number of benzene rings is 1. The van der Waals surface area contributed by atoms with E-state index in [2.05, 4.69) is 37.0 Å². The SMILES string of the molecule is COc1ccc(/C=C/C(=O)N2CCN(c3ccc(N4CCN(CC5CCCO5)CC4)nn3)CC2)cc1OC. The molecule has 3 fully saturated rings. The number of anilines is 2. The van der Waals surface area contributed by atoms with Gasteiger partial charge in [-0.2, -0.15) is 0 Å². The summed E-state index contributed by atoms with van der Waals surface area (Å²) >= 11 is 0. The lowest BCUT2D eigenvalue weighted by Crippen LogP contribution is -2.49. The van der Waals surface area contributed by atoms with E-state index < -0.39 is 0 Å². The molecule has 0 aliphatic carbocycles. The molecule has 204 valence electrons. The van der Waals surface area contributed by atoms with Gasteiger partial charge < -0.3 is 28.9 Å². The lowest BCUT2D eigenvalue weighted by atomic mass is 10.2. The van der Waals surface area contributed by atoms with Gasteiger partial charge in [0.05, 0.1) is 20.3 Å². The predicted octanol–water partition coefficient (Wildman–Crippen LogP) is 2.16. The summed E-state index contributed by atoms with van der Waals surface area (Å²) in [6.07, 6.45) is 6.21. The molecule has 0 radical (unpaired) electrons. The van der Waals surface area contributed by atoms with E-state index in [1.165, 1.54) is 12.8 Å². The van der Waals surface area contributed by atoms with Gasteiger partial charge in [-0.05, 0) is 48.7 Å². The molecule has 1 atom stereocenters. The molecular weight excluding hydrogens is 484 g/mol. The first-order chi connectivity index (χ1) is 18.6. The number of amides is 1. The summed E-state index contributed by atoms with van der Waals surface area (Å²) in [5.74, 6) is 3.09. The fourth-order valence-corrected chi connectivity index (χ4v) is 5.28. The Morgan fingerprint density at radius 1 is 0.921 bits per heavy atom. The average Bonchev–Trinajstić information content (AvgIpc) is 3.49. The molecule has 2 aromatic rings. The van der Waals surface area contributed by atoms with Crippen molar-refractivity contribution < 1.29 is 19.0 Å². The smallest absolute Gasteiger partial charge is 0.246 e. The molecular formula is C28H38N6O4. The Hall–Kier alpha value is -3.37. The van der Waals surface area contributed by atoms with Crippen LogP contribution in [0.4, 0.5) is 11.6 Å². The monoisotopic (exact) mass is 522 g/mol. The molecule has 1 aromatic heterocycles. The van der Waals surface area contributed by atoms with Crippen molar-refractivity contribution in [3.8, 4) is 11.5 Å². The maximum Gasteiger partial charge on any atom is 0.246 e. The van der Waals surface area contributed by atoms with Gasteiger partial charge in [0.1, 0.15) is 0 Å². The highest BCUT2D eigenvalue weighted by Gasteiger charge is 2.24. The third-order valence-corrected chi connectivity index (χ3v) is 7.56. The molecule has 3 aliphatic heterocycles. The molecule has 0 N–H and O–H groups in total. The average molecular weight is 523 g/mol. The van der Waals surface area contributed by atoms with Crippen LogP contribution in [0.2, 0.25) is 0 Å². The van der Waals surface area contributed by atoms with E-state index in [9.17, 15) is 4.79 Å². The Kier molecular flexibility index (Phi) is 8.60. The second kappa shape index (κ2) is 12.4. The molecule has 10 heteroatoms. The van der Waals surface area contributed by atoms with Gasteiger partial charge in [0.2, 0.25) is 5.91 Å². The van der Waals surface area contributed by atoms with E-state index >= 15 is 0 Å². The number of carbonyl (C=O) groups excluding carboxylic acids is 1.